The van der Waals surface area contributed by atoms with E-state index < -0.39 is 0 Å². The van der Waals surface area contributed by atoms with Crippen molar-refractivity contribution < 1.29 is 18.9 Å². The molecule has 0 aliphatic rings. The third-order valence-electron chi connectivity index (χ3n) is 4.17. The van der Waals surface area contributed by atoms with Crippen molar-refractivity contribution in [3.8, 4) is 0 Å². The summed E-state index contributed by atoms with van der Waals surface area (Å²) < 4.78 is 22.1. The van der Waals surface area contributed by atoms with E-state index in [4.69, 9.17) is 18.9 Å². The molecule has 0 heterocycles. The van der Waals surface area contributed by atoms with Crippen LogP contribution in [0.1, 0.15) is 79.1 Å². The second-order valence-electron chi connectivity index (χ2n) is 6.43. The fourth-order valence-corrected chi connectivity index (χ4v) is 2.34. The maximum Gasteiger partial charge on any atom is 0.111 e. The van der Waals surface area contributed by atoms with Crippen LogP contribution in [0.4, 0.5) is 0 Å². The number of rotatable bonds is 19. The Morgan fingerprint density at radius 1 is 0.577 bits per heavy atom. The first-order chi connectivity index (χ1) is 12.8. The van der Waals surface area contributed by atoms with E-state index in [2.05, 4.69) is 27.7 Å². The molecule has 0 amide bonds. The molecule has 0 aliphatic heterocycles. The first-order valence-corrected chi connectivity index (χ1v) is 10.5. The van der Waals surface area contributed by atoms with Gasteiger partial charge in [-0.25, -0.2) is 0 Å². The summed E-state index contributed by atoms with van der Waals surface area (Å²) in [6.07, 6.45) is 13.1. The minimum absolute atomic E-state index is 0.593. The summed E-state index contributed by atoms with van der Waals surface area (Å²) in [5.41, 5.74) is 2.76. The molecule has 0 bridgehead atoms. The van der Waals surface area contributed by atoms with Gasteiger partial charge in [-0.15, -0.1) is 0 Å². The van der Waals surface area contributed by atoms with E-state index in [1.165, 1.54) is 36.8 Å². The van der Waals surface area contributed by atoms with Crippen LogP contribution in [0, 0.1) is 0 Å². The van der Waals surface area contributed by atoms with Gasteiger partial charge in [0, 0.05) is 0 Å². The molecule has 0 saturated heterocycles. The highest BCUT2D eigenvalue weighted by Crippen LogP contribution is 2.11. The van der Waals surface area contributed by atoms with E-state index in [9.17, 15) is 0 Å². The topological polar surface area (TPSA) is 36.9 Å². The molecule has 0 rings (SSSR count). The number of hydrogen-bond acceptors (Lipinski definition) is 4. The fourth-order valence-electron chi connectivity index (χ4n) is 2.34. The van der Waals surface area contributed by atoms with E-state index in [1.807, 2.05) is 12.5 Å². The van der Waals surface area contributed by atoms with E-state index >= 15 is 0 Å². The number of allylic oxidation sites excluding steroid dienone is 2. The molecule has 0 N–H and O–H groups in total. The maximum atomic E-state index is 5.55. The average Bonchev–Trinajstić information content (AvgIpc) is 2.67. The number of hydrogen-bond donors (Lipinski definition) is 0. The minimum Gasteiger partial charge on any atom is -0.499 e. The normalized spacial score (nSPS) is 12.5. The summed E-state index contributed by atoms with van der Waals surface area (Å²) >= 11 is 0. The van der Waals surface area contributed by atoms with Crippen molar-refractivity contribution in [1.29, 1.82) is 0 Å². The van der Waals surface area contributed by atoms with Gasteiger partial charge in [0.2, 0.25) is 0 Å². The van der Waals surface area contributed by atoms with Gasteiger partial charge in [-0.1, -0.05) is 40.5 Å². The highest BCUT2D eigenvalue weighted by molar-refractivity contribution is 4.97. The van der Waals surface area contributed by atoms with E-state index in [0.717, 1.165) is 25.7 Å². The third kappa shape index (κ3) is 16.5. The Morgan fingerprint density at radius 3 is 1.31 bits per heavy atom. The van der Waals surface area contributed by atoms with E-state index in [1.54, 1.807) is 0 Å². The number of unbranched alkanes of at least 4 members (excludes halogenated alkanes) is 2. The summed E-state index contributed by atoms with van der Waals surface area (Å²) in [6.45, 7) is 12.3. The molecule has 0 aromatic heterocycles. The molecule has 0 spiro atoms. The third-order valence-corrected chi connectivity index (χ3v) is 4.17. The van der Waals surface area contributed by atoms with Gasteiger partial charge in [-0.05, 0) is 49.7 Å². The second-order valence-corrected chi connectivity index (χ2v) is 6.43. The molecule has 0 unspecified atom stereocenters. The van der Waals surface area contributed by atoms with Crippen molar-refractivity contribution in [2.45, 2.75) is 79.1 Å². The van der Waals surface area contributed by atoms with Crippen LogP contribution < -0.4 is 0 Å². The van der Waals surface area contributed by atoms with Gasteiger partial charge in [0.1, 0.15) is 13.2 Å². The van der Waals surface area contributed by atoms with Crippen LogP contribution in [0.15, 0.2) is 23.7 Å². The van der Waals surface area contributed by atoms with Gasteiger partial charge in [-0.2, -0.15) is 0 Å². The van der Waals surface area contributed by atoms with Crippen molar-refractivity contribution in [3.63, 3.8) is 0 Å². The molecule has 154 valence electrons. The molecule has 26 heavy (non-hydrogen) atoms. The molecular formula is C22H42O4. The van der Waals surface area contributed by atoms with Crippen molar-refractivity contribution in [1.82, 2.24) is 0 Å². The van der Waals surface area contributed by atoms with Gasteiger partial charge < -0.3 is 18.9 Å². The zero-order valence-corrected chi connectivity index (χ0v) is 17.7. The zero-order valence-electron chi connectivity index (χ0n) is 17.7. The quantitative estimate of drug-likeness (QED) is 0.206. The summed E-state index contributed by atoms with van der Waals surface area (Å²) in [6, 6.07) is 0. The van der Waals surface area contributed by atoms with Crippen LogP contribution in [-0.4, -0.2) is 39.6 Å². The first kappa shape index (κ1) is 25.0. The average molecular weight is 371 g/mol. The standard InChI is InChI=1S/C22H42O4/c1-5-9-11-21(7-3)19-25-17-15-23-13-14-24-16-18-26-20-22(8-4)12-10-6-2/h19-20H,5-18H2,1-4H3/b21-19-,22-20?. The van der Waals surface area contributed by atoms with Crippen molar-refractivity contribution >= 4 is 0 Å². The summed E-state index contributed by atoms with van der Waals surface area (Å²) in [5.74, 6) is 0. The number of ether oxygens (including phenoxy) is 4. The van der Waals surface area contributed by atoms with Crippen LogP contribution >= 0.6 is 0 Å². The van der Waals surface area contributed by atoms with Crippen LogP contribution in [0.5, 0.6) is 0 Å². The van der Waals surface area contributed by atoms with E-state index in [-0.39, 0.29) is 0 Å². The molecule has 0 aromatic carbocycles. The minimum atomic E-state index is 0.593. The van der Waals surface area contributed by atoms with Crippen molar-refractivity contribution in [3.05, 3.63) is 23.7 Å². The van der Waals surface area contributed by atoms with Crippen molar-refractivity contribution in [2.24, 2.45) is 0 Å². The Labute approximate surface area is 161 Å². The Hall–Kier alpha value is -1.00. The Balaban J connectivity index is 3.45. The largest absolute Gasteiger partial charge is 0.499 e. The Bertz CT molecular complexity index is 316. The summed E-state index contributed by atoms with van der Waals surface area (Å²) in [7, 11) is 0. The van der Waals surface area contributed by atoms with Gasteiger partial charge >= 0.3 is 0 Å². The lowest BCUT2D eigenvalue weighted by Crippen LogP contribution is -2.10. The Morgan fingerprint density at radius 2 is 0.962 bits per heavy atom. The Kier molecular flexibility index (Phi) is 19.5. The summed E-state index contributed by atoms with van der Waals surface area (Å²) in [4.78, 5) is 0. The molecule has 0 atom stereocenters. The monoisotopic (exact) mass is 370 g/mol. The van der Waals surface area contributed by atoms with E-state index in [0.29, 0.717) is 39.6 Å². The lowest BCUT2D eigenvalue weighted by molar-refractivity contribution is 0.0181. The predicted molar refractivity (Wildman–Crippen MR) is 109 cm³/mol. The predicted octanol–water partition coefficient (Wildman–Crippen LogP) is 6.02. The second kappa shape index (κ2) is 20.3. The summed E-state index contributed by atoms with van der Waals surface area (Å²) in [5, 5.41) is 0. The SMILES string of the molecule is CCCCC(=COCCOCCOCCO/C=C(/CC)CCCC)CC. The molecule has 0 aromatic rings. The fraction of sp³-hybridized carbons (Fsp3) is 0.818. The lowest BCUT2D eigenvalue weighted by atomic mass is 10.1. The van der Waals surface area contributed by atoms with Crippen molar-refractivity contribution in [2.75, 3.05) is 39.6 Å². The highest BCUT2D eigenvalue weighted by Gasteiger charge is 1.96. The first-order valence-electron chi connectivity index (χ1n) is 10.5. The molecular weight excluding hydrogens is 328 g/mol. The van der Waals surface area contributed by atoms with Crippen LogP contribution in [-0.2, 0) is 18.9 Å². The molecule has 4 nitrogen and oxygen atoms in total. The van der Waals surface area contributed by atoms with Gasteiger partial charge in [-0.3, -0.25) is 0 Å². The molecule has 0 aliphatic carbocycles. The van der Waals surface area contributed by atoms with Crippen LogP contribution in [0.3, 0.4) is 0 Å². The van der Waals surface area contributed by atoms with Crippen LogP contribution in [0.2, 0.25) is 0 Å². The molecule has 0 fully saturated rings. The lowest BCUT2D eigenvalue weighted by Gasteiger charge is -2.08. The molecule has 0 radical (unpaired) electrons. The van der Waals surface area contributed by atoms with Gasteiger partial charge in [0.15, 0.2) is 0 Å². The van der Waals surface area contributed by atoms with Gasteiger partial charge in [0.25, 0.3) is 0 Å². The molecule has 0 saturated carbocycles. The molecule has 4 heteroatoms. The van der Waals surface area contributed by atoms with Gasteiger partial charge in [0.05, 0.1) is 39.0 Å². The zero-order chi connectivity index (χ0) is 19.3. The van der Waals surface area contributed by atoms with Crippen LogP contribution in [0.25, 0.3) is 0 Å². The smallest absolute Gasteiger partial charge is 0.111 e. The highest BCUT2D eigenvalue weighted by atomic mass is 16.6. The maximum absolute atomic E-state index is 5.55.